The van der Waals surface area contributed by atoms with Crippen molar-refractivity contribution in [1.82, 2.24) is 0 Å². The van der Waals surface area contributed by atoms with Crippen molar-refractivity contribution < 1.29 is 28.6 Å². The van der Waals surface area contributed by atoms with Crippen LogP contribution in [0.25, 0.3) is 0 Å². The molecule has 0 fully saturated rings. The molecule has 412 valence electrons. The summed E-state index contributed by atoms with van der Waals surface area (Å²) >= 11 is 0. The number of rotatable bonds is 56. The predicted octanol–water partition coefficient (Wildman–Crippen LogP) is 20.8. The van der Waals surface area contributed by atoms with Gasteiger partial charge >= 0.3 is 17.9 Å². The van der Waals surface area contributed by atoms with Gasteiger partial charge in [-0.2, -0.15) is 0 Å². The monoisotopic (exact) mass is 993 g/mol. The molecule has 0 aromatic rings. The van der Waals surface area contributed by atoms with Gasteiger partial charge in [0, 0.05) is 19.3 Å². The van der Waals surface area contributed by atoms with Gasteiger partial charge in [0.05, 0.1) is 0 Å². The molecule has 0 aromatic carbocycles. The van der Waals surface area contributed by atoms with Crippen LogP contribution in [-0.4, -0.2) is 37.2 Å². The Morgan fingerprint density at radius 3 is 0.887 bits per heavy atom. The molecule has 0 heterocycles. The summed E-state index contributed by atoms with van der Waals surface area (Å²) < 4.78 is 16.9. The lowest BCUT2D eigenvalue weighted by atomic mass is 10.0. The maximum Gasteiger partial charge on any atom is 0.306 e. The third-order valence-corrected chi connectivity index (χ3v) is 13.5. The highest BCUT2D eigenvalue weighted by molar-refractivity contribution is 5.71. The molecule has 6 nitrogen and oxygen atoms in total. The van der Waals surface area contributed by atoms with Gasteiger partial charge in [0.2, 0.25) is 0 Å². The van der Waals surface area contributed by atoms with E-state index in [1.807, 2.05) is 0 Å². The molecule has 0 saturated carbocycles. The molecule has 0 saturated heterocycles. The van der Waals surface area contributed by atoms with Crippen molar-refractivity contribution in [2.75, 3.05) is 13.2 Å². The third-order valence-electron chi connectivity index (χ3n) is 13.5. The van der Waals surface area contributed by atoms with E-state index in [0.717, 1.165) is 109 Å². The first-order valence-corrected chi connectivity index (χ1v) is 30.8. The van der Waals surface area contributed by atoms with Crippen LogP contribution < -0.4 is 0 Å². The highest BCUT2D eigenvalue weighted by Gasteiger charge is 2.19. The van der Waals surface area contributed by atoms with E-state index in [4.69, 9.17) is 14.2 Å². The lowest BCUT2D eigenvalue weighted by Crippen LogP contribution is -2.30. The lowest BCUT2D eigenvalue weighted by Gasteiger charge is -2.18. The molecule has 71 heavy (non-hydrogen) atoms. The fourth-order valence-corrected chi connectivity index (χ4v) is 8.90. The summed E-state index contributed by atoms with van der Waals surface area (Å²) in [5.41, 5.74) is 0. The molecule has 0 aliphatic carbocycles. The summed E-state index contributed by atoms with van der Waals surface area (Å²) in [5, 5.41) is 0. The number of carbonyl (C=O) groups is 3. The Kier molecular flexibility index (Phi) is 57.2. The Balaban J connectivity index is 4.29. The first kappa shape index (κ1) is 68.1. The van der Waals surface area contributed by atoms with Crippen molar-refractivity contribution in [1.29, 1.82) is 0 Å². The third kappa shape index (κ3) is 57.9. The van der Waals surface area contributed by atoms with E-state index in [0.29, 0.717) is 19.3 Å². The number of hydrogen-bond donors (Lipinski definition) is 0. The SMILES string of the molecule is CC/C=C\C/C=C\C/C=C\CCCCCC(=O)OCC(COC(=O)CCCCCCCCCCCCCCCCCCCCCCCCCC)OC(=O)CCCCCCC/C=C\C/C=C\CCCCCC. The number of unbranched alkanes of at least 4 members (excludes halogenated alkanes) is 35. The minimum Gasteiger partial charge on any atom is -0.462 e. The van der Waals surface area contributed by atoms with Crippen LogP contribution in [0.4, 0.5) is 0 Å². The average Bonchev–Trinajstić information content (AvgIpc) is 3.37. The van der Waals surface area contributed by atoms with Gasteiger partial charge in [-0.15, -0.1) is 0 Å². The van der Waals surface area contributed by atoms with Crippen molar-refractivity contribution >= 4 is 17.9 Å². The standard InChI is InChI=1S/C65H116O6/c1-4-7-10-13-16-19-22-25-27-29-30-31-32-33-34-35-36-38-40-43-46-49-52-55-58-64(67)70-61-62(60-69-63(66)57-54-51-48-45-42-39-24-21-18-15-12-9-6-3)71-65(68)59-56-53-50-47-44-41-37-28-26-23-20-17-14-11-8-5-2/h9,12,18,20-21,23,28,37,39,42,62H,4-8,10-11,13-17,19,22,24-27,29-36,38,40-41,43-61H2,1-3H3/b12-9-,21-18-,23-20-,37-28-,42-39-. The molecular formula is C65H116O6. The molecule has 6 heteroatoms. The molecule has 0 radical (unpaired) electrons. The topological polar surface area (TPSA) is 78.9 Å². The Bertz CT molecular complexity index is 1280. The highest BCUT2D eigenvalue weighted by Crippen LogP contribution is 2.17. The van der Waals surface area contributed by atoms with E-state index in [1.165, 1.54) is 167 Å². The highest BCUT2D eigenvalue weighted by atomic mass is 16.6. The number of carbonyl (C=O) groups excluding carboxylic acids is 3. The molecule has 1 unspecified atom stereocenters. The number of hydrogen-bond acceptors (Lipinski definition) is 6. The van der Waals surface area contributed by atoms with Crippen molar-refractivity contribution in [3.8, 4) is 0 Å². The second kappa shape index (κ2) is 59.7. The largest absolute Gasteiger partial charge is 0.462 e. The van der Waals surface area contributed by atoms with E-state index in [2.05, 4.69) is 81.5 Å². The average molecular weight is 994 g/mol. The van der Waals surface area contributed by atoms with Crippen LogP contribution in [-0.2, 0) is 28.6 Å². The zero-order chi connectivity index (χ0) is 51.4. The molecular weight excluding hydrogens is 877 g/mol. The van der Waals surface area contributed by atoms with E-state index in [1.54, 1.807) is 0 Å². The normalized spacial score (nSPS) is 12.4. The molecule has 0 aliphatic heterocycles. The van der Waals surface area contributed by atoms with E-state index in [-0.39, 0.29) is 31.1 Å². The zero-order valence-corrected chi connectivity index (χ0v) is 47.2. The van der Waals surface area contributed by atoms with Gasteiger partial charge in [0.25, 0.3) is 0 Å². The lowest BCUT2D eigenvalue weighted by molar-refractivity contribution is -0.167. The smallest absolute Gasteiger partial charge is 0.306 e. The zero-order valence-electron chi connectivity index (χ0n) is 47.2. The maximum absolute atomic E-state index is 12.9. The van der Waals surface area contributed by atoms with E-state index < -0.39 is 6.10 Å². The van der Waals surface area contributed by atoms with Crippen molar-refractivity contribution in [3.63, 3.8) is 0 Å². The summed E-state index contributed by atoms with van der Waals surface area (Å²) in [5.74, 6) is -0.917. The molecule has 0 aromatic heterocycles. The Morgan fingerprint density at radius 1 is 0.296 bits per heavy atom. The summed E-state index contributed by atoms with van der Waals surface area (Å²) in [6.45, 7) is 6.51. The van der Waals surface area contributed by atoms with Crippen LogP contribution in [0.5, 0.6) is 0 Å². The van der Waals surface area contributed by atoms with Crippen LogP contribution in [0, 0.1) is 0 Å². The fraction of sp³-hybridized carbons (Fsp3) is 0.800. The first-order chi connectivity index (χ1) is 35.0. The van der Waals surface area contributed by atoms with Crippen LogP contribution in [0.1, 0.15) is 316 Å². The summed E-state index contributed by atoms with van der Waals surface area (Å²) in [6.07, 6.45) is 75.2. The molecule has 0 aliphatic rings. The molecule has 0 rings (SSSR count). The molecule has 0 bridgehead atoms. The summed E-state index contributed by atoms with van der Waals surface area (Å²) in [4.78, 5) is 38.2. The Morgan fingerprint density at radius 2 is 0.549 bits per heavy atom. The maximum atomic E-state index is 12.9. The fourth-order valence-electron chi connectivity index (χ4n) is 8.90. The number of allylic oxidation sites excluding steroid dienone is 10. The van der Waals surface area contributed by atoms with Gasteiger partial charge < -0.3 is 14.2 Å². The Labute approximate surface area is 440 Å². The second-order valence-electron chi connectivity index (χ2n) is 20.6. The van der Waals surface area contributed by atoms with Gasteiger partial charge in [-0.1, -0.05) is 274 Å². The van der Waals surface area contributed by atoms with Gasteiger partial charge in [-0.25, -0.2) is 0 Å². The Hall–Kier alpha value is -2.89. The van der Waals surface area contributed by atoms with Crippen molar-refractivity contribution in [3.05, 3.63) is 60.8 Å². The molecule has 0 spiro atoms. The summed E-state index contributed by atoms with van der Waals surface area (Å²) in [6, 6.07) is 0. The minimum atomic E-state index is -0.792. The van der Waals surface area contributed by atoms with Gasteiger partial charge in [0.15, 0.2) is 6.10 Å². The van der Waals surface area contributed by atoms with E-state index >= 15 is 0 Å². The van der Waals surface area contributed by atoms with Gasteiger partial charge in [0.1, 0.15) is 13.2 Å². The summed E-state index contributed by atoms with van der Waals surface area (Å²) in [7, 11) is 0. The number of esters is 3. The molecule has 0 N–H and O–H groups in total. The van der Waals surface area contributed by atoms with Gasteiger partial charge in [-0.05, 0) is 83.5 Å². The van der Waals surface area contributed by atoms with Crippen LogP contribution >= 0.6 is 0 Å². The van der Waals surface area contributed by atoms with Crippen LogP contribution in [0.2, 0.25) is 0 Å². The van der Waals surface area contributed by atoms with Crippen LogP contribution in [0.15, 0.2) is 60.8 Å². The molecule has 1 atom stereocenters. The number of ether oxygens (including phenoxy) is 3. The van der Waals surface area contributed by atoms with Crippen molar-refractivity contribution in [2.24, 2.45) is 0 Å². The predicted molar refractivity (Wildman–Crippen MR) is 307 cm³/mol. The van der Waals surface area contributed by atoms with E-state index in [9.17, 15) is 14.4 Å². The first-order valence-electron chi connectivity index (χ1n) is 30.8. The molecule has 0 amide bonds. The van der Waals surface area contributed by atoms with Gasteiger partial charge in [-0.3, -0.25) is 14.4 Å². The quantitative estimate of drug-likeness (QED) is 0.0261. The van der Waals surface area contributed by atoms with Crippen molar-refractivity contribution in [2.45, 2.75) is 322 Å². The van der Waals surface area contributed by atoms with Crippen LogP contribution in [0.3, 0.4) is 0 Å². The second-order valence-corrected chi connectivity index (χ2v) is 20.6. The minimum absolute atomic E-state index is 0.0868.